The number of hydrogen-bond donors (Lipinski definition) is 0. The number of carbonyl (C=O) groups excluding carboxylic acids is 1. The Morgan fingerprint density at radius 1 is 1.39 bits per heavy atom. The first kappa shape index (κ1) is 13.4. The van der Waals surface area contributed by atoms with Gasteiger partial charge in [0.25, 0.3) is 0 Å². The lowest BCUT2D eigenvalue weighted by atomic mass is 9.98. The molecule has 0 radical (unpaired) electrons. The van der Waals surface area contributed by atoms with E-state index in [0.717, 1.165) is 24.0 Å². The largest absolute Gasteiger partial charge is 0.490 e. The molecule has 1 aromatic carbocycles. The standard InChI is InChI=1S/C15H19ClO2/c1-8(2)18-12-7-9(3)14(16)10(4)13(12)15(17)11-5-6-11/h7-8,11H,5-6H2,1-4H3. The fraction of sp³-hybridized carbons (Fsp3) is 0.533. The second-order valence-corrected chi connectivity index (χ2v) is 5.69. The van der Waals surface area contributed by atoms with Gasteiger partial charge in [-0.3, -0.25) is 4.79 Å². The van der Waals surface area contributed by atoms with Gasteiger partial charge in [0.05, 0.1) is 11.7 Å². The highest BCUT2D eigenvalue weighted by atomic mass is 35.5. The number of rotatable bonds is 4. The molecule has 98 valence electrons. The van der Waals surface area contributed by atoms with Crippen LogP contribution in [0.1, 0.15) is 48.2 Å². The van der Waals surface area contributed by atoms with Gasteiger partial charge < -0.3 is 4.74 Å². The maximum Gasteiger partial charge on any atom is 0.169 e. The van der Waals surface area contributed by atoms with Crippen LogP contribution in [0.4, 0.5) is 0 Å². The fourth-order valence-electron chi connectivity index (χ4n) is 2.13. The van der Waals surface area contributed by atoms with Crippen LogP contribution >= 0.6 is 11.6 Å². The molecule has 0 unspecified atom stereocenters. The van der Waals surface area contributed by atoms with Crippen LogP contribution in [-0.2, 0) is 0 Å². The van der Waals surface area contributed by atoms with E-state index in [2.05, 4.69) is 0 Å². The summed E-state index contributed by atoms with van der Waals surface area (Å²) in [7, 11) is 0. The molecule has 1 saturated carbocycles. The number of benzene rings is 1. The zero-order valence-corrected chi connectivity index (χ0v) is 12.1. The van der Waals surface area contributed by atoms with Crippen LogP contribution < -0.4 is 4.74 Å². The van der Waals surface area contributed by atoms with E-state index in [1.165, 1.54) is 0 Å². The van der Waals surface area contributed by atoms with Crippen LogP contribution in [0.15, 0.2) is 6.07 Å². The Balaban J connectivity index is 2.51. The molecule has 0 atom stereocenters. The summed E-state index contributed by atoms with van der Waals surface area (Å²) < 4.78 is 5.78. The number of hydrogen-bond acceptors (Lipinski definition) is 2. The quantitative estimate of drug-likeness (QED) is 0.758. The van der Waals surface area contributed by atoms with Gasteiger partial charge in [0.2, 0.25) is 0 Å². The molecule has 1 fully saturated rings. The second-order valence-electron chi connectivity index (χ2n) is 5.31. The van der Waals surface area contributed by atoms with Crippen molar-refractivity contribution in [2.75, 3.05) is 0 Å². The molecule has 0 amide bonds. The van der Waals surface area contributed by atoms with Gasteiger partial charge >= 0.3 is 0 Å². The highest BCUT2D eigenvalue weighted by Gasteiger charge is 2.34. The molecule has 0 aliphatic heterocycles. The van der Waals surface area contributed by atoms with Gasteiger partial charge in [-0.2, -0.15) is 0 Å². The van der Waals surface area contributed by atoms with Crippen molar-refractivity contribution in [2.24, 2.45) is 5.92 Å². The van der Waals surface area contributed by atoms with Crippen molar-refractivity contribution >= 4 is 17.4 Å². The van der Waals surface area contributed by atoms with Crippen molar-refractivity contribution in [3.63, 3.8) is 0 Å². The Kier molecular flexibility index (Phi) is 3.67. The predicted octanol–water partition coefficient (Wildman–Crippen LogP) is 4.34. The lowest BCUT2D eigenvalue weighted by molar-refractivity contribution is 0.0961. The molecule has 2 rings (SSSR count). The van der Waals surface area contributed by atoms with Crippen molar-refractivity contribution in [3.8, 4) is 5.75 Å². The monoisotopic (exact) mass is 266 g/mol. The molecule has 1 aromatic rings. The van der Waals surface area contributed by atoms with E-state index in [-0.39, 0.29) is 17.8 Å². The zero-order chi connectivity index (χ0) is 13.4. The van der Waals surface area contributed by atoms with Gasteiger partial charge in [-0.05, 0) is 57.7 Å². The van der Waals surface area contributed by atoms with E-state index < -0.39 is 0 Å². The molecule has 18 heavy (non-hydrogen) atoms. The summed E-state index contributed by atoms with van der Waals surface area (Å²) in [6, 6.07) is 1.88. The predicted molar refractivity (Wildman–Crippen MR) is 73.7 cm³/mol. The average Bonchev–Trinajstić information content (AvgIpc) is 3.08. The average molecular weight is 267 g/mol. The minimum Gasteiger partial charge on any atom is -0.490 e. The van der Waals surface area contributed by atoms with Gasteiger partial charge in [0.1, 0.15) is 5.75 Å². The molecule has 0 bridgehead atoms. The number of ketones is 1. The first-order valence-corrected chi connectivity index (χ1v) is 6.80. The van der Waals surface area contributed by atoms with Gasteiger partial charge in [-0.25, -0.2) is 0 Å². The molecule has 3 heteroatoms. The first-order chi connectivity index (χ1) is 8.41. The fourth-order valence-corrected chi connectivity index (χ4v) is 2.27. The summed E-state index contributed by atoms with van der Waals surface area (Å²) in [6.07, 6.45) is 2.03. The van der Waals surface area contributed by atoms with Crippen LogP contribution in [0.5, 0.6) is 5.75 Å². The van der Waals surface area contributed by atoms with E-state index in [0.29, 0.717) is 16.3 Å². The summed E-state index contributed by atoms with van der Waals surface area (Å²) >= 11 is 6.25. The minimum absolute atomic E-state index is 0.0516. The Morgan fingerprint density at radius 3 is 2.50 bits per heavy atom. The Morgan fingerprint density at radius 2 is 2.00 bits per heavy atom. The maximum atomic E-state index is 12.4. The molecule has 0 aromatic heterocycles. The van der Waals surface area contributed by atoms with Crippen molar-refractivity contribution in [1.82, 2.24) is 0 Å². The van der Waals surface area contributed by atoms with Crippen LogP contribution in [0.2, 0.25) is 5.02 Å². The van der Waals surface area contributed by atoms with Crippen LogP contribution in [-0.4, -0.2) is 11.9 Å². The van der Waals surface area contributed by atoms with E-state index in [9.17, 15) is 4.79 Å². The van der Waals surface area contributed by atoms with Crippen molar-refractivity contribution in [2.45, 2.75) is 46.6 Å². The van der Waals surface area contributed by atoms with Crippen molar-refractivity contribution in [1.29, 1.82) is 0 Å². The van der Waals surface area contributed by atoms with Gasteiger partial charge in [-0.15, -0.1) is 0 Å². The first-order valence-electron chi connectivity index (χ1n) is 6.42. The van der Waals surface area contributed by atoms with Crippen LogP contribution in [0.25, 0.3) is 0 Å². The summed E-state index contributed by atoms with van der Waals surface area (Å²) in [5.74, 6) is 1.04. The Hall–Kier alpha value is -1.02. The summed E-state index contributed by atoms with van der Waals surface area (Å²) in [5, 5.41) is 0.676. The van der Waals surface area contributed by atoms with Crippen LogP contribution in [0, 0.1) is 19.8 Å². The normalized spacial score (nSPS) is 15.0. The van der Waals surface area contributed by atoms with Crippen LogP contribution in [0.3, 0.4) is 0 Å². The smallest absolute Gasteiger partial charge is 0.169 e. The lowest BCUT2D eigenvalue weighted by Gasteiger charge is -2.18. The minimum atomic E-state index is 0.0516. The van der Waals surface area contributed by atoms with E-state index in [1.54, 1.807) is 0 Å². The molecule has 0 saturated heterocycles. The number of ether oxygens (including phenoxy) is 1. The lowest BCUT2D eigenvalue weighted by Crippen LogP contribution is -2.13. The van der Waals surface area contributed by atoms with Gasteiger partial charge in [0.15, 0.2) is 5.78 Å². The maximum absolute atomic E-state index is 12.4. The highest BCUT2D eigenvalue weighted by Crippen LogP contribution is 2.39. The van der Waals surface area contributed by atoms with E-state index >= 15 is 0 Å². The third-order valence-corrected chi connectivity index (χ3v) is 3.78. The zero-order valence-electron chi connectivity index (χ0n) is 11.3. The SMILES string of the molecule is Cc1cc(OC(C)C)c(C(=O)C2CC2)c(C)c1Cl. The number of halogens is 1. The number of Topliss-reactive ketones (excluding diaryl/α,β-unsaturated/α-hetero) is 1. The molecular weight excluding hydrogens is 248 g/mol. The third kappa shape index (κ3) is 2.54. The van der Waals surface area contributed by atoms with Crippen molar-refractivity contribution in [3.05, 3.63) is 27.8 Å². The molecule has 0 spiro atoms. The van der Waals surface area contributed by atoms with Gasteiger partial charge in [-0.1, -0.05) is 11.6 Å². The van der Waals surface area contributed by atoms with Crippen molar-refractivity contribution < 1.29 is 9.53 Å². The summed E-state index contributed by atoms with van der Waals surface area (Å²) in [6.45, 7) is 7.77. The number of carbonyl (C=O) groups is 1. The van der Waals surface area contributed by atoms with E-state index in [1.807, 2.05) is 33.8 Å². The third-order valence-electron chi connectivity index (χ3n) is 3.20. The topological polar surface area (TPSA) is 26.3 Å². The summed E-state index contributed by atoms with van der Waals surface area (Å²) in [5.41, 5.74) is 2.49. The highest BCUT2D eigenvalue weighted by molar-refractivity contribution is 6.32. The molecule has 2 nitrogen and oxygen atoms in total. The number of aryl methyl sites for hydroxylation is 1. The molecule has 0 N–H and O–H groups in total. The molecule has 1 aliphatic rings. The van der Waals surface area contributed by atoms with E-state index in [4.69, 9.17) is 16.3 Å². The summed E-state index contributed by atoms with van der Waals surface area (Å²) in [4.78, 5) is 12.4. The molecule has 1 aliphatic carbocycles. The molecule has 0 heterocycles. The Labute approximate surface area is 113 Å². The second kappa shape index (κ2) is 4.93. The Bertz CT molecular complexity index is 488. The van der Waals surface area contributed by atoms with Gasteiger partial charge in [0, 0.05) is 10.9 Å². The molecular formula is C15H19ClO2.